The maximum absolute atomic E-state index is 12.6. The van der Waals surface area contributed by atoms with Crippen LogP contribution in [0.1, 0.15) is 30.9 Å². The number of amides is 3. The molecule has 0 saturated carbocycles. The van der Waals surface area contributed by atoms with Gasteiger partial charge in [-0.1, -0.05) is 36.8 Å². The second-order valence-corrected chi connectivity index (χ2v) is 9.53. The average molecular weight is 444 g/mol. The van der Waals surface area contributed by atoms with E-state index in [0.29, 0.717) is 24.5 Å². The molecule has 1 aliphatic heterocycles. The molecule has 5 nitrogen and oxygen atoms in total. The Balaban J connectivity index is 1.62. The van der Waals surface area contributed by atoms with E-state index in [1.807, 2.05) is 34.9 Å². The zero-order chi connectivity index (χ0) is 21.3. The van der Waals surface area contributed by atoms with Crippen LogP contribution in [0.2, 0.25) is 0 Å². The van der Waals surface area contributed by atoms with Crippen molar-refractivity contribution in [2.75, 3.05) is 34.0 Å². The van der Waals surface area contributed by atoms with Crippen molar-refractivity contribution in [1.29, 1.82) is 0 Å². The summed E-state index contributed by atoms with van der Waals surface area (Å²) < 4.78 is 0. The molecule has 7 heteroatoms. The van der Waals surface area contributed by atoms with Gasteiger partial charge < -0.3 is 15.5 Å². The molecular weight excluding hydrogens is 414 g/mol. The van der Waals surface area contributed by atoms with Gasteiger partial charge in [-0.2, -0.15) is 11.8 Å². The van der Waals surface area contributed by atoms with Crippen molar-refractivity contribution in [3.8, 4) is 0 Å². The first-order chi connectivity index (χ1) is 14.6. The summed E-state index contributed by atoms with van der Waals surface area (Å²) in [7, 11) is 0. The Morgan fingerprint density at radius 1 is 1.17 bits per heavy atom. The van der Waals surface area contributed by atoms with Gasteiger partial charge in [-0.25, -0.2) is 4.79 Å². The van der Waals surface area contributed by atoms with E-state index in [1.54, 1.807) is 11.8 Å². The highest BCUT2D eigenvalue weighted by molar-refractivity contribution is 8.00. The van der Waals surface area contributed by atoms with Crippen molar-refractivity contribution in [2.24, 2.45) is 0 Å². The lowest BCUT2D eigenvalue weighted by Crippen LogP contribution is -2.35. The van der Waals surface area contributed by atoms with E-state index in [9.17, 15) is 9.59 Å². The van der Waals surface area contributed by atoms with E-state index in [4.69, 9.17) is 0 Å². The maximum atomic E-state index is 12.6. The van der Waals surface area contributed by atoms with Crippen molar-refractivity contribution < 1.29 is 9.59 Å². The van der Waals surface area contributed by atoms with Gasteiger partial charge in [-0.3, -0.25) is 4.79 Å². The van der Waals surface area contributed by atoms with Crippen LogP contribution in [-0.2, 0) is 11.3 Å². The van der Waals surface area contributed by atoms with Gasteiger partial charge in [0.25, 0.3) is 0 Å². The quantitative estimate of drug-likeness (QED) is 0.517. The molecule has 0 unspecified atom stereocenters. The van der Waals surface area contributed by atoms with Gasteiger partial charge in [0.15, 0.2) is 0 Å². The normalized spacial score (nSPS) is 13.1. The van der Waals surface area contributed by atoms with Crippen LogP contribution in [0, 0.1) is 6.92 Å². The van der Waals surface area contributed by atoms with Gasteiger partial charge in [-0.05, 0) is 55.0 Å². The molecule has 0 radical (unpaired) electrons. The Morgan fingerprint density at radius 2 is 1.97 bits per heavy atom. The number of urea groups is 1. The lowest BCUT2D eigenvalue weighted by Gasteiger charge is -2.29. The Bertz CT molecular complexity index is 871. The molecule has 3 amide bonds. The van der Waals surface area contributed by atoms with Crippen molar-refractivity contribution >= 4 is 46.8 Å². The molecule has 0 saturated heterocycles. The van der Waals surface area contributed by atoms with Crippen LogP contribution in [-0.4, -0.2) is 35.7 Å². The molecule has 0 bridgehead atoms. The number of hydrogen-bond donors (Lipinski definition) is 2. The Morgan fingerprint density at radius 3 is 2.73 bits per heavy atom. The molecule has 1 aliphatic rings. The number of rotatable bonds is 9. The van der Waals surface area contributed by atoms with Crippen LogP contribution in [0.15, 0.2) is 47.4 Å². The largest absolute Gasteiger partial charge is 0.338 e. The van der Waals surface area contributed by atoms with Crippen LogP contribution in [0.25, 0.3) is 0 Å². The number of carbonyl (C=O) groups excluding carboxylic acids is 2. The summed E-state index contributed by atoms with van der Waals surface area (Å²) in [6.45, 7) is 5.40. The number of benzene rings is 2. The van der Waals surface area contributed by atoms with Gasteiger partial charge >= 0.3 is 6.03 Å². The lowest BCUT2D eigenvalue weighted by atomic mass is 10.1. The van der Waals surface area contributed by atoms with Crippen LogP contribution in [0.3, 0.4) is 0 Å². The number of nitrogens with one attached hydrogen (secondary N) is 2. The first-order valence-electron chi connectivity index (χ1n) is 10.3. The Hall–Kier alpha value is -2.12. The molecule has 2 aromatic carbocycles. The molecule has 2 N–H and O–H groups in total. The number of thioether (sulfide) groups is 2. The molecule has 160 valence electrons. The summed E-state index contributed by atoms with van der Waals surface area (Å²) in [6, 6.07) is 13.8. The average Bonchev–Trinajstić information content (AvgIpc) is 2.74. The molecular formula is C23H29N3O2S2. The summed E-state index contributed by atoms with van der Waals surface area (Å²) in [5.74, 6) is 2.74. The van der Waals surface area contributed by atoms with Crippen molar-refractivity contribution in [3.05, 3.63) is 53.6 Å². The van der Waals surface area contributed by atoms with E-state index >= 15 is 0 Å². The fourth-order valence-corrected chi connectivity index (χ4v) is 4.88. The minimum absolute atomic E-state index is 0.0826. The number of anilines is 2. The van der Waals surface area contributed by atoms with Crippen LogP contribution >= 0.6 is 23.5 Å². The summed E-state index contributed by atoms with van der Waals surface area (Å²) in [6.07, 6.45) is 2.14. The summed E-state index contributed by atoms with van der Waals surface area (Å²) in [5.41, 5.74) is 3.83. The minimum atomic E-state index is -0.213. The third kappa shape index (κ3) is 6.44. The highest BCUT2D eigenvalue weighted by atomic mass is 32.2. The van der Waals surface area contributed by atoms with Gasteiger partial charge in [-0.15, -0.1) is 11.8 Å². The van der Waals surface area contributed by atoms with E-state index in [-0.39, 0.29) is 11.9 Å². The molecule has 0 aromatic heterocycles. The molecule has 0 fully saturated rings. The second kappa shape index (κ2) is 11.3. The number of fused-ring (bicyclic) bond motifs is 1. The number of hydrogen-bond acceptors (Lipinski definition) is 4. The summed E-state index contributed by atoms with van der Waals surface area (Å²) in [4.78, 5) is 27.7. The summed E-state index contributed by atoms with van der Waals surface area (Å²) in [5, 5.41) is 5.80. The molecule has 3 rings (SSSR count). The third-order valence-corrected chi connectivity index (χ3v) is 7.04. The van der Waals surface area contributed by atoms with E-state index in [1.165, 1.54) is 12.0 Å². The Kier molecular flexibility index (Phi) is 8.51. The molecule has 1 heterocycles. The van der Waals surface area contributed by atoms with Crippen molar-refractivity contribution in [2.45, 2.75) is 38.1 Å². The van der Waals surface area contributed by atoms with Crippen LogP contribution < -0.4 is 15.5 Å². The first kappa shape index (κ1) is 22.6. The fraction of sp³-hybridized carbons (Fsp3) is 0.391. The topological polar surface area (TPSA) is 61.4 Å². The van der Waals surface area contributed by atoms with Crippen LogP contribution in [0.4, 0.5) is 16.2 Å². The minimum Gasteiger partial charge on any atom is -0.338 e. The predicted molar refractivity (Wildman–Crippen MR) is 129 cm³/mol. The SMILES string of the molecule is CCCSCCCNC(=O)Nc1ccc2c(c1)N(Cc1ccc(C)cc1)C(=O)CS2. The maximum Gasteiger partial charge on any atom is 0.319 e. The predicted octanol–water partition coefficient (Wildman–Crippen LogP) is 5.29. The van der Waals surface area contributed by atoms with Gasteiger partial charge in [0.05, 0.1) is 18.0 Å². The number of carbonyl (C=O) groups is 2. The van der Waals surface area contributed by atoms with Crippen molar-refractivity contribution in [1.82, 2.24) is 5.32 Å². The van der Waals surface area contributed by atoms with Crippen LogP contribution in [0.5, 0.6) is 0 Å². The van der Waals surface area contributed by atoms with Crippen molar-refractivity contribution in [3.63, 3.8) is 0 Å². The highest BCUT2D eigenvalue weighted by Gasteiger charge is 2.25. The fourth-order valence-electron chi connectivity index (χ4n) is 3.13. The van der Waals surface area contributed by atoms with E-state index < -0.39 is 0 Å². The molecule has 0 atom stereocenters. The zero-order valence-corrected chi connectivity index (χ0v) is 19.2. The molecule has 2 aromatic rings. The Labute approximate surface area is 187 Å². The van der Waals surface area contributed by atoms with Gasteiger partial charge in [0, 0.05) is 17.1 Å². The molecule has 0 spiro atoms. The number of aryl methyl sites for hydroxylation is 1. The van der Waals surface area contributed by atoms with E-state index in [2.05, 4.69) is 48.7 Å². The summed E-state index contributed by atoms with van der Waals surface area (Å²) >= 11 is 3.46. The second-order valence-electron chi connectivity index (χ2n) is 7.28. The molecule has 30 heavy (non-hydrogen) atoms. The monoisotopic (exact) mass is 443 g/mol. The smallest absolute Gasteiger partial charge is 0.319 e. The number of nitrogens with zero attached hydrogens (tertiary/aromatic N) is 1. The van der Waals surface area contributed by atoms with E-state index in [0.717, 1.165) is 34.1 Å². The van der Waals surface area contributed by atoms with Gasteiger partial charge in [0.2, 0.25) is 5.91 Å². The standard InChI is InChI=1S/C23H29N3O2S2/c1-3-12-29-13-4-11-24-23(28)25-19-9-10-21-20(14-19)26(22(27)16-30-21)15-18-7-5-17(2)6-8-18/h5-10,14H,3-4,11-13,15-16H2,1-2H3,(H2,24,25,28). The zero-order valence-electron chi connectivity index (χ0n) is 17.6. The first-order valence-corrected chi connectivity index (χ1v) is 12.5. The third-order valence-electron chi connectivity index (χ3n) is 4.72. The van der Waals surface area contributed by atoms with Gasteiger partial charge in [0.1, 0.15) is 0 Å². The lowest BCUT2D eigenvalue weighted by molar-refractivity contribution is -0.116. The molecule has 0 aliphatic carbocycles. The highest BCUT2D eigenvalue weighted by Crippen LogP contribution is 2.38.